The highest BCUT2D eigenvalue weighted by molar-refractivity contribution is 5.85. The van der Waals surface area contributed by atoms with Crippen LogP contribution in [0.3, 0.4) is 0 Å². The highest BCUT2D eigenvalue weighted by atomic mass is 35.5. The van der Waals surface area contributed by atoms with Gasteiger partial charge in [-0.25, -0.2) is 4.98 Å². The number of morpholine rings is 1. The molecule has 1 aliphatic rings. The molecule has 1 aromatic heterocycles. The third kappa shape index (κ3) is 6.34. The Hall–Kier alpha value is -1.86. The van der Waals surface area contributed by atoms with Gasteiger partial charge in [0.25, 0.3) is 0 Å². The number of carbonyl (C=O) groups is 1. The van der Waals surface area contributed by atoms with Crippen LogP contribution < -0.4 is 16.0 Å². The van der Waals surface area contributed by atoms with Crippen molar-refractivity contribution in [3.05, 3.63) is 59.8 Å². The van der Waals surface area contributed by atoms with E-state index in [1.165, 1.54) is 0 Å². The van der Waals surface area contributed by atoms with Crippen molar-refractivity contribution < 1.29 is 9.53 Å². The van der Waals surface area contributed by atoms with Crippen LogP contribution in [0.5, 0.6) is 0 Å². The zero-order valence-electron chi connectivity index (χ0n) is 15.9. The lowest BCUT2D eigenvalue weighted by molar-refractivity contribution is -0.125. The maximum atomic E-state index is 12.5. The largest absolute Gasteiger partial charge is 0.378 e. The van der Waals surface area contributed by atoms with Gasteiger partial charge < -0.3 is 20.7 Å². The quantitative estimate of drug-likeness (QED) is 0.741. The smallest absolute Gasteiger partial charge is 0.225 e. The Kier molecular flexibility index (Phi) is 10.2. The molecule has 0 saturated carbocycles. The van der Waals surface area contributed by atoms with Crippen LogP contribution in [0.25, 0.3) is 0 Å². The van der Waals surface area contributed by atoms with Gasteiger partial charge in [0.1, 0.15) is 5.82 Å². The van der Waals surface area contributed by atoms with Crippen molar-refractivity contribution in [2.24, 2.45) is 11.7 Å². The summed E-state index contributed by atoms with van der Waals surface area (Å²) in [6.45, 7) is 5.44. The molecule has 1 amide bonds. The molecule has 1 aliphatic heterocycles. The van der Waals surface area contributed by atoms with Crippen LogP contribution in [-0.4, -0.2) is 37.2 Å². The van der Waals surface area contributed by atoms with Gasteiger partial charge in [0.05, 0.1) is 19.1 Å². The number of carbonyl (C=O) groups excluding carboxylic acids is 1. The molecule has 0 aliphatic carbocycles. The number of aromatic nitrogens is 1. The zero-order chi connectivity index (χ0) is 18.4. The molecule has 1 aromatic carbocycles. The number of amides is 1. The summed E-state index contributed by atoms with van der Waals surface area (Å²) in [6, 6.07) is 13.3. The molecule has 1 fully saturated rings. The first-order chi connectivity index (χ1) is 12.6. The minimum absolute atomic E-state index is 0. The maximum absolute atomic E-state index is 12.5. The lowest BCUT2D eigenvalue weighted by Crippen LogP contribution is -2.37. The van der Waals surface area contributed by atoms with Crippen LogP contribution in [0.1, 0.15) is 24.1 Å². The number of pyridine rings is 1. The van der Waals surface area contributed by atoms with Crippen molar-refractivity contribution in [3.63, 3.8) is 0 Å². The molecule has 2 unspecified atom stereocenters. The maximum Gasteiger partial charge on any atom is 0.225 e. The molecule has 154 valence electrons. The number of anilines is 1. The predicted octanol–water partition coefficient (Wildman–Crippen LogP) is 2.71. The highest BCUT2D eigenvalue weighted by Crippen LogP contribution is 2.19. The molecule has 3 rings (SSSR count). The van der Waals surface area contributed by atoms with Crippen LogP contribution in [-0.2, 0) is 16.1 Å². The van der Waals surface area contributed by atoms with Gasteiger partial charge in [0, 0.05) is 31.9 Å². The minimum atomic E-state index is -0.322. The molecule has 0 bridgehead atoms. The third-order valence-electron chi connectivity index (χ3n) is 4.75. The monoisotopic (exact) mass is 426 g/mol. The van der Waals surface area contributed by atoms with Gasteiger partial charge in [-0.1, -0.05) is 37.3 Å². The first kappa shape index (κ1) is 24.2. The number of halogens is 2. The average molecular weight is 427 g/mol. The van der Waals surface area contributed by atoms with Crippen molar-refractivity contribution in [2.45, 2.75) is 19.5 Å². The van der Waals surface area contributed by atoms with Crippen LogP contribution in [0.2, 0.25) is 0 Å². The summed E-state index contributed by atoms with van der Waals surface area (Å²) in [5.74, 6) is 0.568. The van der Waals surface area contributed by atoms with Crippen LogP contribution >= 0.6 is 24.8 Å². The number of rotatable bonds is 6. The Labute approximate surface area is 178 Å². The normalized spacial score (nSPS) is 15.6. The van der Waals surface area contributed by atoms with Crippen LogP contribution in [0, 0.1) is 5.92 Å². The molecular formula is C20H28Cl2N4O2. The molecule has 2 atom stereocenters. The van der Waals surface area contributed by atoms with Crippen LogP contribution in [0.15, 0.2) is 48.7 Å². The van der Waals surface area contributed by atoms with E-state index < -0.39 is 0 Å². The fourth-order valence-electron chi connectivity index (χ4n) is 3.01. The van der Waals surface area contributed by atoms with Gasteiger partial charge in [-0.3, -0.25) is 4.79 Å². The molecule has 2 aromatic rings. The molecule has 0 radical (unpaired) electrons. The van der Waals surface area contributed by atoms with E-state index in [1.807, 2.05) is 49.4 Å². The summed E-state index contributed by atoms with van der Waals surface area (Å²) < 4.78 is 5.38. The van der Waals surface area contributed by atoms with Gasteiger partial charge in [0.2, 0.25) is 5.91 Å². The van der Waals surface area contributed by atoms with Gasteiger partial charge in [0.15, 0.2) is 0 Å². The third-order valence-corrected chi connectivity index (χ3v) is 4.75. The molecule has 6 nitrogen and oxygen atoms in total. The fraction of sp³-hybridized carbons (Fsp3) is 0.400. The number of nitrogens with two attached hydrogens (primary N) is 1. The average Bonchev–Trinajstić information content (AvgIpc) is 2.72. The summed E-state index contributed by atoms with van der Waals surface area (Å²) in [5.41, 5.74) is 8.23. The number of benzene rings is 1. The summed E-state index contributed by atoms with van der Waals surface area (Å²) in [5, 5.41) is 2.99. The second kappa shape index (κ2) is 11.9. The lowest BCUT2D eigenvalue weighted by Gasteiger charge is -2.28. The number of hydrogen-bond donors (Lipinski definition) is 2. The number of hydrogen-bond acceptors (Lipinski definition) is 5. The first-order valence-electron chi connectivity index (χ1n) is 9.01. The predicted molar refractivity (Wildman–Crippen MR) is 116 cm³/mol. The number of nitrogens with one attached hydrogen (secondary N) is 1. The fourth-order valence-corrected chi connectivity index (χ4v) is 3.01. The Morgan fingerprint density at radius 2 is 1.89 bits per heavy atom. The van der Waals surface area contributed by atoms with Gasteiger partial charge >= 0.3 is 0 Å². The van der Waals surface area contributed by atoms with E-state index in [0.717, 1.165) is 43.2 Å². The van der Waals surface area contributed by atoms with Crippen molar-refractivity contribution >= 4 is 36.5 Å². The Bertz CT molecular complexity index is 727. The van der Waals surface area contributed by atoms with Crippen LogP contribution in [0.4, 0.5) is 5.82 Å². The van der Waals surface area contributed by atoms with Gasteiger partial charge in [-0.05, 0) is 23.3 Å². The topological polar surface area (TPSA) is 80.5 Å². The van der Waals surface area contributed by atoms with Crippen molar-refractivity contribution in [2.75, 3.05) is 31.2 Å². The van der Waals surface area contributed by atoms with Gasteiger partial charge in [-0.2, -0.15) is 0 Å². The van der Waals surface area contributed by atoms with E-state index in [0.29, 0.717) is 6.54 Å². The highest BCUT2D eigenvalue weighted by Gasteiger charge is 2.22. The van der Waals surface area contributed by atoms with E-state index >= 15 is 0 Å². The second-order valence-electron chi connectivity index (χ2n) is 6.56. The molecule has 3 N–H and O–H groups in total. The molecule has 1 saturated heterocycles. The SMILES string of the molecule is CC(C(=O)NCc1ccnc(N2CCOCC2)c1)C(N)c1ccccc1.Cl.Cl. The Morgan fingerprint density at radius 3 is 2.57 bits per heavy atom. The summed E-state index contributed by atoms with van der Waals surface area (Å²) >= 11 is 0. The number of nitrogens with zero attached hydrogens (tertiary/aromatic N) is 2. The van der Waals surface area contributed by atoms with Crippen molar-refractivity contribution in [3.8, 4) is 0 Å². The molecule has 0 spiro atoms. The zero-order valence-corrected chi connectivity index (χ0v) is 17.5. The van der Waals surface area contributed by atoms with E-state index in [9.17, 15) is 4.79 Å². The van der Waals surface area contributed by atoms with E-state index in [-0.39, 0.29) is 42.7 Å². The molecule has 8 heteroatoms. The summed E-state index contributed by atoms with van der Waals surface area (Å²) in [4.78, 5) is 19.1. The minimum Gasteiger partial charge on any atom is -0.378 e. The standard InChI is InChI=1S/C20H26N4O2.2ClH/c1-15(19(21)17-5-3-2-4-6-17)20(25)23-14-16-7-8-22-18(13-16)24-9-11-26-12-10-24;;/h2-8,13,15,19H,9-12,14,21H2,1H3,(H,23,25);2*1H. The van der Waals surface area contributed by atoms with E-state index in [4.69, 9.17) is 10.5 Å². The van der Waals surface area contributed by atoms with Gasteiger partial charge in [-0.15, -0.1) is 24.8 Å². The van der Waals surface area contributed by atoms with Crippen molar-refractivity contribution in [1.82, 2.24) is 10.3 Å². The number of ether oxygens (including phenoxy) is 1. The Morgan fingerprint density at radius 1 is 1.21 bits per heavy atom. The van der Waals surface area contributed by atoms with E-state index in [2.05, 4.69) is 15.2 Å². The Balaban J connectivity index is 0.00000196. The lowest BCUT2D eigenvalue weighted by atomic mass is 9.94. The molecule has 2 heterocycles. The van der Waals surface area contributed by atoms with E-state index in [1.54, 1.807) is 6.20 Å². The molecular weight excluding hydrogens is 399 g/mol. The summed E-state index contributed by atoms with van der Waals surface area (Å²) in [6.07, 6.45) is 1.78. The molecule has 28 heavy (non-hydrogen) atoms. The first-order valence-corrected chi connectivity index (χ1v) is 9.01. The second-order valence-corrected chi connectivity index (χ2v) is 6.56. The summed E-state index contributed by atoms with van der Waals surface area (Å²) in [7, 11) is 0. The van der Waals surface area contributed by atoms with Crippen molar-refractivity contribution in [1.29, 1.82) is 0 Å².